The van der Waals surface area contributed by atoms with Gasteiger partial charge in [-0.3, -0.25) is 0 Å². The van der Waals surface area contributed by atoms with Crippen molar-refractivity contribution in [2.24, 2.45) is 5.73 Å². The van der Waals surface area contributed by atoms with Gasteiger partial charge in [-0.1, -0.05) is 65.1 Å². The minimum Gasteiger partial charge on any atom is -0.326 e. The third-order valence-electron chi connectivity index (χ3n) is 2.71. The first-order valence-electron chi connectivity index (χ1n) is 5.72. The van der Waals surface area contributed by atoms with Gasteiger partial charge in [-0.25, -0.2) is 0 Å². The van der Waals surface area contributed by atoms with E-state index in [-0.39, 0.29) is 0 Å². The minimum absolute atomic E-state index is 0.364. The van der Waals surface area contributed by atoms with E-state index in [1.165, 1.54) is 0 Å². The molecule has 2 aromatic rings. The maximum atomic E-state index is 6.04. The van der Waals surface area contributed by atoms with Crippen LogP contribution in [0.2, 0.25) is 15.1 Å². The van der Waals surface area contributed by atoms with Crippen LogP contribution in [0.5, 0.6) is 0 Å². The Hall–Kier alpha value is -0.990. The van der Waals surface area contributed by atoms with Crippen molar-refractivity contribution in [3.05, 3.63) is 68.7 Å². The van der Waals surface area contributed by atoms with Crippen molar-refractivity contribution in [3.8, 4) is 0 Å². The maximum Gasteiger partial charge on any atom is 0.0778 e. The van der Waals surface area contributed by atoms with Gasteiger partial charge in [-0.05, 0) is 34.9 Å². The lowest BCUT2D eigenvalue weighted by atomic mass is 10.0. The highest BCUT2D eigenvalue weighted by Crippen LogP contribution is 2.33. The van der Waals surface area contributed by atoms with Gasteiger partial charge in [0.2, 0.25) is 0 Å². The summed E-state index contributed by atoms with van der Waals surface area (Å²) in [5, 5.41) is 1.22. The SMILES string of the molecule is NCC(=Cc1ccccc1)c1cc(Cl)c(Cl)c(Cl)c1. The predicted octanol–water partition coefficient (Wildman–Crippen LogP) is 5.15. The molecule has 0 aromatic heterocycles. The average Bonchev–Trinajstić information content (AvgIpc) is 2.42. The van der Waals surface area contributed by atoms with Gasteiger partial charge in [0.15, 0.2) is 0 Å². The van der Waals surface area contributed by atoms with E-state index in [9.17, 15) is 0 Å². The number of nitrogens with two attached hydrogens (primary N) is 1. The standard InChI is InChI=1S/C15H12Cl3N/c16-13-7-11(8-14(17)15(13)18)12(9-19)6-10-4-2-1-3-5-10/h1-8H,9,19H2. The first-order chi connectivity index (χ1) is 9.11. The molecule has 1 nitrogen and oxygen atoms in total. The highest BCUT2D eigenvalue weighted by atomic mass is 35.5. The van der Waals surface area contributed by atoms with Crippen molar-refractivity contribution in [2.75, 3.05) is 6.54 Å². The van der Waals surface area contributed by atoms with Crippen molar-refractivity contribution < 1.29 is 0 Å². The summed E-state index contributed by atoms with van der Waals surface area (Å²) in [4.78, 5) is 0. The normalized spacial score (nSPS) is 11.7. The third-order valence-corrected chi connectivity index (χ3v) is 3.91. The number of rotatable bonds is 3. The van der Waals surface area contributed by atoms with E-state index in [1.807, 2.05) is 36.4 Å². The summed E-state index contributed by atoms with van der Waals surface area (Å²) in [6.07, 6.45) is 2.01. The molecule has 0 aliphatic heterocycles. The Bertz CT molecular complexity index is 583. The molecular formula is C15H12Cl3N. The van der Waals surface area contributed by atoms with Gasteiger partial charge in [0.05, 0.1) is 15.1 Å². The molecule has 0 spiro atoms. The van der Waals surface area contributed by atoms with E-state index in [1.54, 1.807) is 12.1 Å². The topological polar surface area (TPSA) is 26.0 Å². The van der Waals surface area contributed by atoms with Gasteiger partial charge in [0.1, 0.15) is 0 Å². The zero-order chi connectivity index (χ0) is 13.8. The molecule has 98 valence electrons. The smallest absolute Gasteiger partial charge is 0.0778 e. The van der Waals surface area contributed by atoms with Crippen LogP contribution in [-0.2, 0) is 0 Å². The largest absolute Gasteiger partial charge is 0.326 e. The van der Waals surface area contributed by atoms with Crippen LogP contribution >= 0.6 is 34.8 Å². The van der Waals surface area contributed by atoms with Gasteiger partial charge < -0.3 is 5.73 Å². The van der Waals surface area contributed by atoms with Gasteiger partial charge >= 0.3 is 0 Å². The maximum absolute atomic E-state index is 6.04. The van der Waals surface area contributed by atoms with E-state index >= 15 is 0 Å². The van der Waals surface area contributed by atoms with Crippen LogP contribution in [0.1, 0.15) is 11.1 Å². The van der Waals surface area contributed by atoms with Gasteiger partial charge in [0.25, 0.3) is 0 Å². The van der Waals surface area contributed by atoms with E-state index in [2.05, 4.69) is 0 Å². The fourth-order valence-electron chi connectivity index (χ4n) is 1.75. The molecule has 0 radical (unpaired) electrons. The Morgan fingerprint density at radius 3 is 2.11 bits per heavy atom. The van der Waals surface area contributed by atoms with Gasteiger partial charge in [-0.2, -0.15) is 0 Å². The van der Waals surface area contributed by atoms with Crippen molar-refractivity contribution >= 4 is 46.5 Å². The number of hydrogen-bond acceptors (Lipinski definition) is 1. The minimum atomic E-state index is 0.364. The summed E-state index contributed by atoms with van der Waals surface area (Å²) >= 11 is 18.0. The molecule has 0 atom stereocenters. The van der Waals surface area contributed by atoms with Crippen molar-refractivity contribution in [1.82, 2.24) is 0 Å². The summed E-state index contributed by atoms with van der Waals surface area (Å²) in [6, 6.07) is 13.5. The summed E-state index contributed by atoms with van der Waals surface area (Å²) < 4.78 is 0. The molecule has 4 heteroatoms. The van der Waals surface area contributed by atoms with Crippen LogP contribution in [0.15, 0.2) is 42.5 Å². The number of hydrogen-bond donors (Lipinski definition) is 1. The molecule has 2 N–H and O–H groups in total. The van der Waals surface area contributed by atoms with E-state index in [4.69, 9.17) is 40.5 Å². The molecule has 0 aliphatic carbocycles. The number of halogens is 3. The summed E-state index contributed by atoms with van der Waals surface area (Å²) in [7, 11) is 0. The monoisotopic (exact) mass is 311 g/mol. The summed E-state index contributed by atoms with van der Waals surface area (Å²) in [5.41, 5.74) is 8.71. The van der Waals surface area contributed by atoms with E-state index < -0.39 is 0 Å². The van der Waals surface area contributed by atoms with Crippen LogP contribution in [0.25, 0.3) is 11.6 Å². The van der Waals surface area contributed by atoms with Crippen LogP contribution in [-0.4, -0.2) is 6.54 Å². The molecule has 0 fully saturated rings. The molecule has 0 bridgehead atoms. The summed E-state index contributed by atoms with van der Waals surface area (Å²) in [6.45, 7) is 0.392. The van der Waals surface area contributed by atoms with Crippen molar-refractivity contribution in [3.63, 3.8) is 0 Å². The van der Waals surface area contributed by atoms with Gasteiger partial charge in [0, 0.05) is 6.54 Å². The van der Waals surface area contributed by atoms with Crippen molar-refractivity contribution in [2.45, 2.75) is 0 Å². The highest BCUT2D eigenvalue weighted by molar-refractivity contribution is 6.48. The van der Waals surface area contributed by atoms with Crippen LogP contribution < -0.4 is 5.73 Å². The van der Waals surface area contributed by atoms with Crippen LogP contribution in [0, 0.1) is 0 Å². The second kappa shape index (κ2) is 6.44. The van der Waals surface area contributed by atoms with Crippen LogP contribution in [0.3, 0.4) is 0 Å². The highest BCUT2D eigenvalue weighted by Gasteiger charge is 2.08. The zero-order valence-corrected chi connectivity index (χ0v) is 12.3. The Labute approximate surface area is 127 Å². The van der Waals surface area contributed by atoms with E-state index in [0.29, 0.717) is 21.6 Å². The second-order valence-electron chi connectivity index (χ2n) is 4.04. The molecule has 0 saturated carbocycles. The fourth-order valence-corrected chi connectivity index (χ4v) is 2.35. The van der Waals surface area contributed by atoms with E-state index in [0.717, 1.165) is 16.7 Å². The second-order valence-corrected chi connectivity index (χ2v) is 5.23. The predicted molar refractivity (Wildman–Crippen MR) is 84.8 cm³/mol. The first-order valence-corrected chi connectivity index (χ1v) is 6.86. The lowest BCUT2D eigenvalue weighted by molar-refractivity contribution is 1.27. The number of benzene rings is 2. The van der Waals surface area contributed by atoms with Crippen LogP contribution in [0.4, 0.5) is 0 Å². The third kappa shape index (κ3) is 3.52. The molecule has 0 aliphatic rings. The molecule has 0 saturated heterocycles. The summed E-state index contributed by atoms with van der Waals surface area (Å²) in [5.74, 6) is 0. The molecular weight excluding hydrogens is 301 g/mol. The molecule has 2 rings (SSSR count). The first kappa shape index (κ1) is 14.4. The average molecular weight is 313 g/mol. The Morgan fingerprint density at radius 2 is 1.58 bits per heavy atom. The van der Waals surface area contributed by atoms with Crippen molar-refractivity contribution in [1.29, 1.82) is 0 Å². The molecule has 0 heterocycles. The quantitative estimate of drug-likeness (QED) is 0.616. The lowest BCUT2D eigenvalue weighted by Crippen LogP contribution is -2.02. The Morgan fingerprint density at radius 1 is 1.00 bits per heavy atom. The molecule has 2 aromatic carbocycles. The zero-order valence-electron chi connectivity index (χ0n) is 10.0. The molecule has 0 amide bonds. The Balaban J connectivity index is 2.46. The molecule has 0 unspecified atom stereocenters. The lowest BCUT2D eigenvalue weighted by Gasteiger charge is -2.08. The van der Waals surface area contributed by atoms with Gasteiger partial charge in [-0.15, -0.1) is 0 Å². The Kier molecular flexibility index (Phi) is 4.89. The molecule has 19 heavy (non-hydrogen) atoms. The fraction of sp³-hybridized carbons (Fsp3) is 0.0667.